The Bertz CT molecular complexity index is 1860. The highest BCUT2D eigenvalue weighted by molar-refractivity contribution is 6.12. The van der Waals surface area contributed by atoms with Crippen LogP contribution in [0.5, 0.6) is 0 Å². The van der Waals surface area contributed by atoms with Crippen molar-refractivity contribution < 1.29 is 43.0 Å². The van der Waals surface area contributed by atoms with Crippen molar-refractivity contribution in [2.24, 2.45) is 28.8 Å². The molecule has 1 fully saturated rings. The summed E-state index contributed by atoms with van der Waals surface area (Å²) in [6.45, 7) is 16.1. The van der Waals surface area contributed by atoms with E-state index in [0.29, 0.717) is 62.9 Å². The Labute approximate surface area is 399 Å². The molecule has 0 saturated carbocycles. The molecule has 1 aromatic carbocycles. The number of ether oxygens (including phenoxy) is 2. The fourth-order valence-electron chi connectivity index (χ4n) is 9.41. The molecule has 3 rings (SSSR count). The van der Waals surface area contributed by atoms with Gasteiger partial charge in [0.15, 0.2) is 0 Å². The van der Waals surface area contributed by atoms with Crippen LogP contribution in [0.4, 0.5) is 0 Å². The molecular weight excluding hydrogens is 857 g/mol. The zero-order valence-corrected chi connectivity index (χ0v) is 42.4. The lowest BCUT2D eigenvalue weighted by molar-refractivity contribution is -0.148. The molecule has 2 aliphatic heterocycles. The Hall–Kier alpha value is -5.00. The largest absolute Gasteiger partial charge is 0.379 e. The fourth-order valence-corrected chi connectivity index (χ4v) is 9.41. The van der Waals surface area contributed by atoms with Crippen molar-refractivity contribution in [2.45, 2.75) is 149 Å². The van der Waals surface area contributed by atoms with Gasteiger partial charge in [0.2, 0.25) is 29.5 Å². The number of carbonyl (C=O) groups excluding carboxylic acids is 7. The standard InChI is InChI=1S/C50H80N8O9/c1-14-33(6)46(56(11)50(65)43(31(2)3)52-49(64)45(32(4)5)55(9)10)38(66-12)30-42(62)57-29-21-24-37(57)47(67-13)34(7)48(63)51-35(8)44(36-22-17-15-18-23-36)54-53-39(59)25-19-16-20-28-58-40(60)26-27-41(58)61/h15,17-18,22-23,26-27,31-35,37-38,43,45-47H,14,16,19-21,24-25,28-30H2,1-13H3,(H,51,63)(H,52,64)(H,53,59)/b54-44-. The molecule has 17 nitrogen and oxygen atoms in total. The lowest BCUT2D eigenvalue weighted by Gasteiger charge is -2.41. The zero-order valence-electron chi connectivity index (χ0n) is 42.4. The third kappa shape index (κ3) is 15.5. The van der Waals surface area contributed by atoms with Gasteiger partial charge in [-0.05, 0) is 70.0 Å². The van der Waals surface area contributed by atoms with Gasteiger partial charge in [-0.25, -0.2) is 5.43 Å². The highest BCUT2D eigenvalue weighted by atomic mass is 16.5. The van der Waals surface area contributed by atoms with Gasteiger partial charge >= 0.3 is 0 Å². The van der Waals surface area contributed by atoms with Gasteiger partial charge in [-0.2, -0.15) is 5.10 Å². The third-order valence-electron chi connectivity index (χ3n) is 13.3. The topological polar surface area (TPSA) is 199 Å². The van der Waals surface area contributed by atoms with Crippen LogP contribution in [0.3, 0.4) is 0 Å². The molecule has 9 atom stereocenters. The van der Waals surface area contributed by atoms with Crippen LogP contribution in [-0.4, -0.2) is 158 Å². The monoisotopic (exact) mass is 937 g/mol. The lowest BCUT2D eigenvalue weighted by Crippen LogP contribution is -2.59. The van der Waals surface area contributed by atoms with E-state index in [9.17, 15) is 33.6 Å². The second kappa shape index (κ2) is 27.1. The van der Waals surface area contributed by atoms with E-state index in [1.165, 1.54) is 24.2 Å². The second-order valence-electron chi connectivity index (χ2n) is 19.1. The SMILES string of the molecule is CCC(C)C(C(CC(=O)N1CCCC1C(OC)C(C)C(=O)NC(C)/C(=N/NC(=O)CCCCCN1C(=O)C=CC1=O)c1ccccc1)OC)N(C)C(=O)C(NC(=O)C(C(C)C)N(C)C)C(C)C. The summed E-state index contributed by atoms with van der Waals surface area (Å²) in [7, 11) is 8.51. The molecule has 7 amide bonds. The minimum absolute atomic E-state index is 0.0105. The van der Waals surface area contributed by atoms with Crippen molar-refractivity contribution in [3.05, 3.63) is 48.0 Å². The molecule has 17 heteroatoms. The summed E-state index contributed by atoms with van der Waals surface area (Å²) < 4.78 is 12.1. The second-order valence-corrected chi connectivity index (χ2v) is 19.1. The highest BCUT2D eigenvalue weighted by Gasteiger charge is 2.43. The summed E-state index contributed by atoms with van der Waals surface area (Å²) in [5, 5.41) is 10.6. The molecule has 0 aliphatic carbocycles. The van der Waals surface area contributed by atoms with Gasteiger partial charge in [-0.1, -0.05) is 91.6 Å². The van der Waals surface area contributed by atoms with Crippen molar-refractivity contribution in [2.75, 3.05) is 48.5 Å². The van der Waals surface area contributed by atoms with E-state index in [2.05, 4.69) is 21.2 Å². The van der Waals surface area contributed by atoms with Crippen molar-refractivity contribution in [3.8, 4) is 0 Å². The molecule has 9 unspecified atom stereocenters. The summed E-state index contributed by atoms with van der Waals surface area (Å²) in [6.07, 6.45) is 5.15. The Balaban J connectivity index is 1.72. The molecule has 67 heavy (non-hydrogen) atoms. The molecule has 0 aromatic heterocycles. The van der Waals surface area contributed by atoms with Gasteiger partial charge in [-0.15, -0.1) is 0 Å². The Morgan fingerprint density at radius 2 is 1.48 bits per heavy atom. The molecule has 2 heterocycles. The average molecular weight is 937 g/mol. The van der Waals surface area contributed by atoms with Gasteiger partial charge in [-0.3, -0.25) is 43.4 Å². The van der Waals surface area contributed by atoms with E-state index < -0.39 is 48.3 Å². The van der Waals surface area contributed by atoms with E-state index in [4.69, 9.17) is 9.47 Å². The molecule has 0 spiro atoms. The number of imide groups is 1. The molecule has 0 bridgehead atoms. The van der Waals surface area contributed by atoms with E-state index in [0.717, 1.165) is 0 Å². The first kappa shape index (κ1) is 56.3. The molecule has 1 aromatic rings. The number of likely N-dealkylation sites (tertiary alicyclic amines) is 1. The quantitative estimate of drug-likeness (QED) is 0.0499. The average Bonchev–Trinajstić information content (AvgIpc) is 3.90. The Kier molecular flexibility index (Phi) is 22.8. The summed E-state index contributed by atoms with van der Waals surface area (Å²) in [5.74, 6) is -2.85. The van der Waals surface area contributed by atoms with E-state index in [1.807, 2.05) is 90.9 Å². The number of hydrogen-bond acceptors (Lipinski definition) is 11. The first-order chi connectivity index (χ1) is 31.7. The molecule has 3 N–H and O–H groups in total. The minimum atomic E-state index is -0.790. The van der Waals surface area contributed by atoms with Crippen LogP contribution in [-0.2, 0) is 43.0 Å². The maximum atomic E-state index is 14.4. The maximum absolute atomic E-state index is 14.4. The van der Waals surface area contributed by atoms with E-state index in [1.54, 1.807) is 37.8 Å². The van der Waals surface area contributed by atoms with Crippen LogP contribution in [0, 0.1) is 23.7 Å². The molecule has 2 aliphatic rings. The molecule has 0 radical (unpaired) electrons. The third-order valence-corrected chi connectivity index (χ3v) is 13.3. The van der Waals surface area contributed by atoms with Gasteiger partial charge < -0.3 is 29.9 Å². The van der Waals surface area contributed by atoms with Crippen LogP contribution < -0.4 is 16.1 Å². The summed E-state index contributed by atoms with van der Waals surface area (Å²) >= 11 is 0. The number of nitrogens with one attached hydrogen (secondary N) is 3. The fraction of sp³-hybridized carbons (Fsp3) is 0.680. The Morgan fingerprint density at radius 3 is 2.03 bits per heavy atom. The Morgan fingerprint density at radius 1 is 0.836 bits per heavy atom. The smallest absolute Gasteiger partial charge is 0.253 e. The number of likely N-dealkylation sites (N-methyl/N-ethyl adjacent to an activating group) is 2. The van der Waals surface area contributed by atoms with Crippen LogP contribution in [0.2, 0.25) is 0 Å². The van der Waals surface area contributed by atoms with Gasteiger partial charge in [0, 0.05) is 52.9 Å². The highest BCUT2D eigenvalue weighted by Crippen LogP contribution is 2.30. The minimum Gasteiger partial charge on any atom is -0.379 e. The predicted molar refractivity (Wildman–Crippen MR) is 258 cm³/mol. The van der Waals surface area contributed by atoms with Crippen LogP contribution in [0.1, 0.15) is 112 Å². The van der Waals surface area contributed by atoms with Crippen molar-refractivity contribution in [1.82, 2.24) is 35.7 Å². The van der Waals surface area contributed by atoms with Gasteiger partial charge in [0.25, 0.3) is 11.8 Å². The first-order valence-corrected chi connectivity index (χ1v) is 24.0. The predicted octanol–water partition coefficient (Wildman–Crippen LogP) is 4.14. The molecular formula is C50H80N8O9. The van der Waals surface area contributed by atoms with Gasteiger partial charge in [0.05, 0.1) is 54.4 Å². The first-order valence-electron chi connectivity index (χ1n) is 24.0. The van der Waals surface area contributed by atoms with Crippen LogP contribution >= 0.6 is 0 Å². The van der Waals surface area contributed by atoms with E-state index in [-0.39, 0.29) is 71.9 Å². The zero-order chi connectivity index (χ0) is 50.1. The van der Waals surface area contributed by atoms with Crippen molar-refractivity contribution >= 4 is 47.1 Å². The number of hydrazone groups is 1. The number of unbranched alkanes of at least 4 members (excludes halogenated alkanes) is 2. The van der Waals surface area contributed by atoms with Gasteiger partial charge in [0.1, 0.15) is 6.04 Å². The lowest BCUT2D eigenvalue weighted by atomic mass is 9.89. The number of benzene rings is 1. The number of nitrogens with zero attached hydrogens (tertiary/aromatic N) is 5. The summed E-state index contributed by atoms with van der Waals surface area (Å²) in [4.78, 5) is 99.3. The number of methoxy groups -OCH3 is 2. The number of hydrogen-bond donors (Lipinski definition) is 3. The van der Waals surface area contributed by atoms with E-state index >= 15 is 0 Å². The number of rotatable bonds is 27. The summed E-state index contributed by atoms with van der Waals surface area (Å²) in [5.41, 5.74) is 3.79. The maximum Gasteiger partial charge on any atom is 0.253 e. The van der Waals surface area contributed by atoms with Crippen LogP contribution in [0.15, 0.2) is 47.6 Å². The summed E-state index contributed by atoms with van der Waals surface area (Å²) in [6, 6.07) is 6.49. The van der Waals surface area contributed by atoms with Crippen molar-refractivity contribution in [1.29, 1.82) is 0 Å². The molecule has 1 saturated heterocycles. The van der Waals surface area contributed by atoms with Crippen LogP contribution in [0.25, 0.3) is 0 Å². The number of amides is 7. The molecule has 374 valence electrons. The normalized spacial score (nSPS) is 19.0. The number of carbonyl (C=O) groups is 7. The van der Waals surface area contributed by atoms with Crippen molar-refractivity contribution in [3.63, 3.8) is 0 Å².